The van der Waals surface area contributed by atoms with Crippen molar-refractivity contribution in [3.8, 4) is 0 Å². The lowest BCUT2D eigenvalue weighted by Crippen LogP contribution is -2.39. The fraction of sp³-hybridized carbons (Fsp3) is 0.500. The summed E-state index contributed by atoms with van der Waals surface area (Å²) in [6.07, 6.45) is -2.51. The average molecular weight is 555 g/mol. The molecule has 0 aliphatic carbocycles. The summed E-state index contributed by atoms with van der Waals surface area (Å²) in [6, 6.07) is 0. The molecule has 5 N–H and O–H groups in total. The molecule has 2 aromatic heterocycles. The summed E-state index contributed by atoms with van der Waals surface area (Å²) < 4.78 is 65.8. The molecule has 7 atom stereocenters. The van der Waals surface area contributed by atoms with Gasteiger partial charge in [0.25, 0.3) is 15.6 Å². The van der Waals surface area contributed by atoms with Gasteiger partial charge < -0.3 is 39.7 Å². The Bertz CT molecular complexity index is 1210. The minimum atomic E-state index is -6.04. The van der Waals surface area contributed by atoms with Crippen LogP contribution in [0, 0.1) is 5.82 Å². The van der Waals surface area contributed by atoms with E-state index >= 15 is 0 Å². The maximum Gasteiger partial charge on any atom is 0.478 e. The highest BCUT2D eigenvalue weighted by molar-refractivity contribution is 7.65. The van der Waals surface area contributed by atoms with Gasteiger partial charge in [0.05, 0.1) is 12.0 Å². The first-order valence-corrected chi connectivity index (χ1v) is 13.3. The van der Waals surface area contributed by atoms with Gasteiger partial charge in [-0.15, -0.1) is 11.6 Å². The second kappa shape index (κ2) is 8.88. The predicted molar refractivity (Wildman–Crippen MR) is 101 cm³/mol. The van der Waals surface area contributed by atoms with Gasteiger partial charge in [0.15, 0.2) is 17.7 Å². The Labute approximate surface area is 188 Å². The third kappa shape index (κ3) is 5.80. The smallest absolute Gasteiger partial charge is 0.478 e. The summed E-state index contributed by atoms with van der Waals surface area (Å²) in [6.45, 7) is 0.278. The Morgan fingerprint density at radius 2 is 1.97 bits per heavy atom. The number of aromatic nitrogens is 3. The van der Waals surface area contributed by atoms with E-state index in [0.717, 1.165) is 17.1 Å². The van der Waals surface area contributed by atoms with Crippen molar-refractivity contribution in [1.82, 2.24) is 14.5 Å². The molecule has 1 saturated heterocycles. The van der Waals surface area contributed by atoms with E-state index in [4.69, 9.17) is 27.0 Å². The number of aliphatic hydroxyl groups excluding tert-OH is 1. The van der Waals surface area contributed by atoms with Crippen molar-refractivity contribution in [2.45, 2.75) is 30.2 Å². The van der Waals surface area contributed by atoms with E-state index in [9.17, 15) is 37.9 Å². The Kier molecular flexibility index (Phi) is 7.15. The minimum Gasteiger partial charge on any atom is -0.756 e. The fourth-order valence-corrected chi connectivity index (χ4v) is 6.28. The number of anilines is 1. The number of ether oxygens (including phenoxy) is 1. The zero-order chi connectivity index (χ0) is 25.0. The van der Waals surface area contributed by atoms with Crippen molar-refractivity contribution in [1.29, 1.82) is 0 Å². The molecule has 0 bridgehead atoms. The summed E-state index contributed by atoms with van der Waals surface area (Å²) in [5, 5.41) is 10.3. The topological polar surface area (TPSA) is 252 Å². The third-order valence-electron chi connectivity index (χ3n) is 4.37. The molecule has 0 radical (unpaired) electrons. The number of nitrogen functional groups attached to an aromatic ring is 1. The molecule has 16 nitrogen and oxygen atoms in total. The molecule has 186 valence electrons. The van der Waals surface area contributed by atoms with Crippen LogP contribution in [-0.2, 0) is 31.6 Å². The van der Waals surface area contributed by atoms with Crippen LogP contribution in [-0.4, -0.2) is 53.1 Å². The third-order valence-corrected chi connectivity index (χ3v) is 8.51. The number of rotatable bonds is 8. The lowest BCUT2D eigenvalue weighted by molar-refractivity contribution is -0.236. The van der Waals surface area contributed by atoms with Crippen LogP contribution >= 0.6 is 35.1 Å². The highest BCUT2D eigenvalue weighted by Crippen LogP contribution is 2.63. The number of phosphoric acid groups is 3. The van der Waals surface area contributed by atoms with E-state index in [1.165, 1.54) is 6.92 Å². The lowest BCUT2D eigenvalue weighted by atomic mass is 10.0. The van der Waals surface area contributed by atoms with Crippen molar-refractivity contribution >= 4 is 51.9 Å². The summed E-state index contributed by atoms with van der Waals surface area (Å²) >= 11 is 6.37. The monoisotopic (exact) mass is 554 g/mol. The molecule has 2 aromatic rings. The van der Waals surface area contributed by atoms with Crippen molar-refractivity contribution in [3.63, 3.8) is 0 Å². The van der Waals surface area contributed by atoms with Gasteiger partial charge in [-0.25, -0.2) is 27.5 Å². The molecule has 0 aromatic carbocycles. The van der Waals surface area contributed by atoms with E-state index in [1.54, 1.807) is 0 Å². The van der Waals surface area contributed by atoms with Crippen molar-refractivity contribution in [3.05, 3.63) is 18.3 Å². The molecule has 3 rings (SSSR count). The molecule has 1 aliphatic heterocycles. The molecule has 0 amide bonds. The largest absolute Gasteiger partial charge is 0.756 e. The SMILES string of the molecule is C[C@@]1(Cl)[C@H](O)[C@@H](COP(=O)(O)OP(=O)([O-])OP(=O)([O-])O)O[C@H]1n1cc(F)c2c(N)ncnc21. The number of halogens is 2. The normalized spacial score (nSPS) is 31.2. The lowest BCUT2D eigenvalue weighted by Gasteiger charge is -2.28. The predicted octanol–water partition coefficient (Wildman–Crippen LogP) is -0.512. The number of phosphoric ester groups is 1. The van der Waals surface area contributed by atoms with E-state index in [1.807, 2.05) is 0 Å². The first-order valence-electron chi connectivity index (χ1n) is 8.47. The van der Waals surface area contributed by atoms with Gasteiger partial charge in [0.2, 0.25) is 0 Å². The van der Waals surface area contributed by atoms with Crippen LogP contribution in [0.2, 0.25) is 0 Å². The molecule has 0 saturated carbocycles. The Hall–Kier alpha value is -1.03. The zero-order valence-corrected chi connectivity index (χ0v) is 19.6. The van der Waals surface area contributed by atoms with Crippen LogP contribution in [0.1, 0.15) is 13.2 Å². The van der Waals surface area contributed by atoms with Crippen molar-refractivity contribution in [2.75, 3.05) is 12.3 Å². The molecule has 3 heterocycles. The van der Waals surface area contributed by atoms with Crippen molar-refractivity contribution < 1.29 is 60.6 Å². The maximum atomic E-state index is 14.4. The first-order chi connectivity index (χ1) is 14.9. The van der Waals surface area contributed by atoms with Gasteiger partial charge in [0.1, 0.15) is 29.2 Å². The van der Waals surface area contributed by atoms with E-state index in [0.29, 0.717) is 0 Å². The van der Waals surface area contributed by atoms with Gasteiger partial charge in [-0.1, -0.05) is 0 Å². The van der Waals surface area contributed by atoms with Crippen LogP contribution in [0.4, 0.5) is 10.2 Å². The summed E-state index contributed by atoms with van der Waals surface area (Å²) in [5.74, 6) is -1.01. The number of hydrogen-bond donors (Lipinski definition) is 4. The Balaban J connectivity index is 1.78. The van der Waals surface area contributed by atoms with E-state index in [-0.39, 0.29) is 16.9 Å². The molecular weight excluding hydrogens is 540 g/mol. The van der Waals surface area contributed by atoms with Gasteiger partial charge in [0, 0.05) is 6.20 Å². The second-order valence-corrected chi connectivity index (χ2v) is 12.0. The van der Waals surface area contributed by atoms with Gasteiger partial charge in [-0.3, -0.25) is 13.7 Å². The maximum absolute atomic E-state index is 14.4. The van der Waals surface area contributed by atoms with Gasteiger partial charge in [-0.05, 0) is 6.92 Å². The molecule has 1 aliphatic rings. The average Bonchev–Trinajstić information content (AvgIpc) is 3.06. The van der Waals surface area contributed by atoms with Crippen LogP contribution in [0.25, 0.3) is 11.0 Å². The summed E-state index contributed by atoms with van der Waals surface area (Å²) in [4.78, 5) is 45.5. The molecular formula is C12H15ClFN4O12P3-2. The summed E-state index contributed by atoms with van der Waals surface area (Å²) in [7, 11) is -17.5. The summed E-state index contributed by atoms with van der Waals surface area (Å²) in [5.41, 5.74) is 5.60. The van der Waals surface area contributed by atoms with E-state index < -0.39 is 59.2 Å². The van der Waals surface area contributed by atoms with Crippen LogP contribution in [0.15, 0.2) is 12.5 Å². The second-order valence-electron chi connectivity index (χ2n) is 6.81. The number of nitrogens with zero attached hydrogens (tertiary/aromatic N) is 3. The molecule has 33 heavy (non-hydrogen) atoms. The first kappa shape index (κ1) is 26.6. The standard InChI is InChI=1S/C12H17ClFN4O12P3/c1-12(13)8(19)6(3-27-32(23,24)30-33(25,26)29-31(20,21)22)28-11(12)18-2-5(14)7-9(15)16-4-17-10(7)18/h2,4,6,8,11,19H,3H2,1H3,(H,23,24)(H,25,26)(H2,15,16,17)(H2,20,21,22)/p-2/t6-,8-,11-,12-/m1/s1. The number of hydrogen-bond acceptors (Lipinski definition) is 13. The van der Waals surface area contributed by atoms with Gasteiger partial charge in [-0.2, -0.15) is 0 Å². The molecule has 21 heteroatoms. The Morgan fingerprint density at radius 1 is 1.33 bits per heavy atom. The number of alkyl halides is 1. The number of fused-ring (bicyclic) bond motifs is 1. The van der Waals surface area contributed by atoms with Crippen LogP contribution in [0.3, 0.4) is 0 Å². The highest BCUT2D eigenvalue weighted by Gasteiger charge is 2.54. The quantitative estimate of drug-likeness (QED) is 0.237. The number of nitrogens with two attached hydrogens (primary N) is 1. The van der Waals surface area contributed by atoms with Crippen LogP contribution in [0.5, 0.6) is 0 Å². The van der Waals surface area contributed by atoms with Gasteiger partial charge >= 0.3 is 7.82 Å². The molecule has 0 spiro atoms. The zero-order valence-electron chi connectivity index (χ0n) is 16.1. The molecule has 1 fully saturated rings. The van der Waals surface area contributed by atoms with Crippen LogP contribution < -0.4 is 15.5 Å². The van der Waals surface area contributed by atoms with E-state index in [2.05, 4.69) is 23.1 Å². The molecule has 3 unspecified atom stereocenters. The number of aliphatic hydroxyl groups is 1. The fourth-order valence-electron chi connectivity index (χ4n) is 3.05. The Morgan fingerprint density at radius 3 is 2.58 bits per heavy atom. The minimum absolute atomic E-state index is 0.0442. The van der Waals surface area contributed by atoms with Crippen molar-refractivity contribution in [2.24, 2.45) is 0 Å². The highest BCUT2D eigenvalue weighted by atomic mass is 35.5.